The van der Waals surface area contributed by atoms with Crippen LogP contribution in [0.4, 0.5) is 5.13 Å². The maximum Gasteiger partial charge on any atom is 0.262 e. The standard InChI is InChI=1S/C17H16ClN5O2S/c1-10-14(15(18)23(22-10)8-11-5-3-2-4-6-11)16(25)21-17-20-12(9-26-17)7-13(19)24/h2-6,9H,7-8H2,1H3,(H2,19,24)(H,20,21,25). The number of anilines is 1. The van der Waals surface area contributed by atoms with E-state index < -0.39 is 11.8 Å². The number of nitrogens with one attached hydrogen (secondary N) is 1. The number of benzene rings is 1. The van der Waals surface area contributed by atoms with Crippen molar-refractivity contribution in [3.63, 3.8) is 0 Å². The summed E-state index contributed by atoms with van der Waals surface area (Å²) < 4.78 is 1.58. The molecule has 0 fully saturated rings. The Morgan fingerprint density at radius 3 is 2.73 bits per heavy atom. The van der Waals surface area contributed by atoms with Crippen LogP contribution in [-0.4, -0.2) is 26.6 Å². The number of amides is 2. The number of aromatic nitrogens is 3. The lowest BCUT2D eigenvalue weighted by molar-refractivity contribution is -0.117. The average Bonchev–Trinajstić information content (AvgIpc) is 3.12. The topological polar surface area (TPSA) is 103 Å². The van der Waals surface area contributed by atoms with Gasteiger partial charge >= 0.3 is 0 Å². The molecule has 0 aliphatic carbocycles. The zero-order valence-corrected chi connectivity index (χ0v) is 15.5. The fourth-order valence-corrected chi connectivity index (χ4v) is 3.48. The molecule has 7 nitrogen and oxygen atoms in total. The fraction of sp³-hybridized carbons (Fsp3) is 0.176. The van der Waals surface area contributed by atoms with Crippen molar-refractivity contribution in [3.8, 4) is 0 Å². The second-order valence-electron chi connectivity index (χ2n) is 5.64. The first kappa shape index (κ1) is 18.1. The molecule has 0 saturated carbocycles. The van der Waals surface area contributed by atoms with Gasteiger partial charge in [0.1, 0.15) is 5.15 Å². The van der Waals surface area contributed by atoms with Crippen LogP contribution in [0.1, 0.15) is 27.3 Å². The van der Waals surface area contributed by atoms with Crippen molar-refractivity contribution in [2.45, 2.75) is 19.9 Å². The average molecular weight is 390 g/mol. The Kier molecular flexibility index (Phi) is 5.34. The number of hydrogen-bond acceptors (Lipinski definition) is 5. The van der Waals surface area contributed by atoms with Crippen LogP contribution >= 0.6 is 22.9 Å². The van der Waals surface area contributed by atoms with E-state index in [2.05, 4.69) is 15.4 Å². The summed E-state index contributed by atoms with van der Waals surface area (Å²) in [6.45, 7) is 2.19. The van der Waals surface area contributed by atoms with E-state index in [1.807, 2.05) is 30.3 Å². The fourth-order valence-electron chi connectivity index (χ4n) is 2.46. The van der Waals surface area contributed by atoms with Crippen LogP contribution in [0.2, 0.25) is 5.15 Å². The number of carbonyl (C=O) groups is 2. The summed E-state index contributed by atoms with van der Waals surface area (Å²) in [5.74, 6) is -0.874. The molecular weight excluding hydrogens is 374 g/mol. The molecule has 3 aromatic rings. The summed E-state index contributed by atoms with van der Waals surface area (Å²) in [5, 5.41) is 9.36. The van der Waals surface area contributed by atoms with E-state index >= 15 is 0 Å². The van der Waals surface area contributed by atoms with Gasteiger partial charge in [-0.05, 0) is 12.5 Å². The molecule has 26 heavy (non-hydrogen) atoms. The predicted octanol–water partition coefficient (Wildman–Crippen LogP) is 2.63. The van der Waals surface area contributed by atoms with E-state index in [4.69, 9.17) is 17.3 Å². The Bertz CT molecular complexity index is 951. The van der Waals surface area contributed by atoms with Crippen LogP contribution in [-0.2, 0) is 17.8 Å². The second kappa shape index (κ2) is 7.67. The van der Waals surface area contributed by atoms with Crippen molar-refractivity contribution in [3.05, 3.63) is 63.4 Å². The Morgan fingerprint density at radius 2 is 2.04 bits per heavy atom. The summed E-state index contributed by atoms with van der Waals surface area (Å²) >= 11 is 7.59. The normalized spacial score (nSPS) is 10.7. The number of halogens is 1. The predicted molar refractivity (Wildman–Crippen MR) is 100 cm³/mol. The van der Waals surface area contributed by atoms with E-state index in [0.29, 0.717) is 28.6 Å². The molecule has 3 rings (SSSR count). The number of primary amides is 1. The van der Waals surface area contributed by atoms with Crippen LogP contribution < -0.4 is 11.1 Å². The molecule has 0 aliphatic heterocycles. The highest BCUT2D eigenvalue weighted by molar-refractivity contribution is 7.14. The molecule has 134 valence electrons. The van der Waals surface area contributed by atoms with Crippen molar-refractivity contribution >= 4 is 39.9 Å². The highest BCUT2D eigenvalue weighted by Crippen LogP contribution is 2.23. The van der Waals surface area contributed by atoms with Gasteiger partial charge in [-0.3, -0.25) is 14.9 Å². The van der Waals surface area contributed by atoms with Gasteiger partial charge in [-0.15, -0.1) is 11.3 Å². The molecule has 0 bridgehead atoms. The Morgan fingerprint density at radius 1 is 1.31 bits per heavy atom. The van der Waals surface area contributed by atoms with Crippen molar-refractivity contribution in [2.24, 2.45) is 5.73 Å². The number of thiazole rings is 1. The second-order valence-corrected chi connectivity index (χ2v) is 6.85. The lowest BCUT2D eigenvalue weighted by atomic mass is 10.2. The molecule has 0 atom stereocenters. The van der Waals surface area contributed by atoms with Gasteiger partial charge in [0.05, 0.1) is 29.9 Å². The third kappa shape index (κ3) is 4.09. The molecule has 2 aromatic heterocycles. The zero-order chi connectivity index (χ0) is 18.7. The monoisotopic (exact) mass is 389 g/mol. The van der Waals surface area contributed by atoms with Gasteiger partial charge < -0.3 is 5.73 Å². The number of aryl methyl sites for hydroxylation is 1. The lowest BCUT2D eigenvalue weighted by Gasteiger charge is -2.04. The highest BCUT2D eigenvalue weighted by atomic mass is 35.5. The molecular formula is C17H16ClN5O2S. The highest BCUT2D eigenvalue weighted by Gasteiger charge is 2.21. The van der Waals surface area contributed by atoms with Crippen LogP contribution in [0.25, 0.3) is 0 Å². The van der Waals surface area contributed by atoms with E-state index in [-0.39, 0.29) is 11.6 Å². The minimum atomic E-state index is -0.478. The molecule has 1 aromatic carbocycles. The van der Waals surface area contributed by atoms with E-state index in [1.54, 1.807) is 17.0 Å². The van der Waals surface area contributed by atoms with E-state index in [9.17, 15) is 9.59 Å². The molecule has 0 saturated heterocycles. The SMILES string of the molecule is Cc1nn(Cc2ccccc2)c(Cl)c1C(=O)Nc1nc(CC(N)=O)cs1. The maximum absolute atomic E-state index is 12.6. The quantitative estimate of drug-likeness (QED) is 0.676. The third-order valence-electron chi connectivity index (χ3n) is 3.60. The van der Waals surface area contributed by atoms with Crippen LogP contribution in [0.15, 0.2) is 35.7 Å². The molecule has 0 unspecified atom stereocenters. The number of nitrogens with zero attached hydrogens (tertiary/aromatic N) is 3. The number of rotatable bonds is 6. The van der Waals surface area contributed by atoms with Crippen molar-refractivity contribution < 1.29 is 9.59 Å². The summed E-state index contributed by atoms with van der Waals surface area (Å²) in [6.07, 6.45) is 0.0289. The molecule has 2 heterocycles. The van der Waals surface area contributed by atoms with Gasteiger partial charge in [-0.2, -0.15) is 5.10 Å². The number of hydrogen-bond donors (Lipinski definition) is 2. The van der Waals surface area contributed by atoms with Gasteiger partial charge in [0.25, 0.3) is 5.91 Å². The number of carbonyl (C=O) groups excluding carboxylic acids is 2. The third-order valence-corrected chi connectivity index (χ3v) is 4.79. The Labute approximate surface area is 158 Å². The smallest absolute Gasteiger partial charge is 0.262 e. The van der Waals surface area contributed by atoms with Crippen LogP contribution in [0.3, 0.4) is 0 Å². The summed E-state index contributed by atoms with van der Waals surface area (Å²) in [4.78, 5) is 27.7. The van der Waals surface area contributed by atoms with Gasteiger partial charge in [0, 0.05) is 5.38 Å². The summed E-state index contributed by atoms with van der Waals surface area (Å²) in [5.41, 5.74) is 7.51. The largest absolute Gasteiger partial charge is 0.369 e. The Hall–Kier alpha value is -2.71. The minimum absolute atomic E-state index is 0.0289. The Balaban J connectivity index is 1.77. The molecule has 0 aliphatic rings. The van der Waals surface area contributed by atoms with Gasteiger partial charge in [0.2, 0.25) is 5.91 Å². The van der Waals surface area contributed by atoms with E-state index in [0.717, 1.165) is 5.56 Å². The molecule has 0 radical (unpaired) electrons. The van der Waals surface area contributed by atoms with Gasteiger partial charge in [0.15, 0.2) is 5.13 Å². The van der Waals surface area contributed by atoms with Crippen LogP contribution in [0.5, 0.6) is 0 Å². The first-order valence-electron chi connectivity index (χ1n) is 7.75. The maximum atomic E-state index is 12.6. The molecule has 9 heteroatoms. The number of nitrogens with two attached hydrogens (primary N) is 1. The van der Waals surface area contributed by atoms with Crippen molar-refractivity contribution in [1.29, 1.82) is 0 Å². The molecule has 2 amide bonds. The minimum Gasteiger partial charge on any atom is -0.369 e. The first-order valence-corrected chi connectivity index (χ1v) is 9.00. The van der Waals surface area contributed by atoms with Crippen molar-refractivity contribution in [2.75, 3.05) is 5.32 Å². The lowest BCUT2D eigenvalue weighted by Crippen LogP contribution is -2.15. The first-order chi connectivity index (χ1) is 12.4. The molecule has 0 spiro atoms. The summed E-state index contributed by atoms with van der Waals surface area (Å²) in [7, 11) is 0. The van der Waals surface area contributed by atoms with Crippen molar-refractivity contribution in [1.82, 2.24) is 14.8 Å². The van der Waals surface area contributed by atoms with Gasteiger partial charge in [-0.1, -0.05) is 41.9 Å². The van der Waals surface area contributed by atoms with Gasteiger partial charge in [-0.25, -0.2) is 9.67 Å². The summed E-state index contributed by atoms with van der Waals surface area (Å²) in [6, 6.07) is 9.71. The van der Waals surface area contributed by atoms with E-state index in [1.165, 1.54) is 11.3 Å². The molecule has 3 N–H and O–H groups in total. The zero-order valence-electron chi connectivity index (χ0n) is 13.9. The van der Waals surface area contributed by atoms with Crippen LogP contribution in [0, 0.1) is 6.92 Å².